The Morgan fingerprint density at radius 2 is 1.68 bits per heavy atom. The molecule has 2 rings (SSSR count). The highest BCUT2D eigenvalue weighted by Crippen LogP contribution is 2.22. The van der Waals surface area contributed by atoms with Gasteiger partial charge in [0.25, 0.3) is 0 Å². The monoisotopic (exact) mass is 360 g/mol. The number of anilines is 1. The lowest BCUT2D eigenvalue weighted by atomic mass is 10.1. The van der Waals surface area contributed by atoms with Crippen molar-refractivity contribution in [2.75, 3.05) is 10.6 Å². The van der Waals surface area contributed by atoms with E-state index in [0.717, 1.165) is 17.4 Å². The van der Waals surface area contributed by atoms with Gasteiger partial charge < -0.3 is 5.32 Å². The van der Waals surface area contributed by atoms with Gasteiger partial charge in [-0.1, -0.05) is 55.0 Å². The molecule has 25 heavy (non-hydrogen) atoms. The number of carbonyl (C=O) groups excluding carboxylic acids is 1. The van der Waals surface area contributed by atoms with E-state index in [1.807, 2.05) is 37.3 Å². The minimum Gasteiger partial charge on any atom is -0.350 e. The summed E-state index contributed by atoms with van der Waals surface area (Å²) in [7, 11) is -3.59. The van der Waals surface area contributed by atoms with Gasteiger partial charge in [-0.2, -0.15) is 0 Å². The number of nitrogens with one attached hydrogen (secondary N) is 1. The van der Waals surface area contributed by atoms with Gasteiger partial charge in [0.15, 0.2) is 0 Å². The Balaban J connectivity index is 2.19. The molecule has 0 aliphatic rings. The summed E-state index contributed by atoms with van der Waals surface area (Å²) in [5.74, 6) is -0.308. The number of aryl methyl sites for hydroxylation is 1. The van der Waals surface area contributed by atoms with E-state index in [0.29, 0.717) is 18.7 Å². The first-order valence-electron chi connectivity index (χ1n) is 8.20. The lowest BCUT2D eigenvalue weighted by Gasteiger charge is -2.30. The van der Waals surface area contributed by atoms with Crippen molar-refractivity contribution in [3.05, 3.63) is 65.7 Å². The van der Waals surface area contributed by atoms with E-state index in [4.69, 9.17) is 0 Å². The second kappa shape index (κ2) is 8.16. The maximum atomic E-state index is 12.7. The molecule has 2 aromatic rings. The Labute approximate surface area is 149 Å². The zero-order valence-corrected chi connectivity index (χ0v) is 15.6. The summed E-state index contributed by atoms with van der Waals surface area (Å²) in [5, 5.41) is 2.85. The summed E-state index contributed by atoms with van der Waals surface area (Å²) in [6.45, 7) is 4.17. The summed E-state index contributed by atoms with van der Waals surface area (Å²) >= 11 is 0. The van der Waals surface area contributed by atoms with E-state index in [2.05, 4.69) is 5.32 Å². The molecule has 5 nitrogen and oxygen atoms in total. The molecule has 0 aliphatic heterocycles. The molecule has 0 aliphatic carbocycles. The third kappa shape index (κ3) is 5.06. The van der Waals surface area contributed by atoms with Crippen LogP contribution in [0.4, 0.5) is 5.69 Å². The van der Waals surface area contributed by atoms with Crippen LogP contribution in [-0.4, -0.2) is 26.6 Å². The smallest absolute Gasteiger partial charge is 0.244 e. The second-order valence-electron chi connectivity index (χ2n) is 6.02. The van der Waals surface area contributed by atoms with Crippen LogP contribution in [0.15, 0.2) is 54.6 Å². The third-order valence-electron chi connectivity index (χ3n) is 3.93. The first-order valence-corrected chi connectivity index (χ1v) is 10.1. The van der Waals surface area contributed by atoms with Crippen LogP contribution in [0, 0.1) is 6.92 Å². The molecular formula is C19H24N2O3S. The van der Waals surface area contributed by atoms with Crippen molar-refractivity contribution in [2.24, 2.45) is 0 Å². The van der Waals surface area contributed by atoms with Gasteiger partial charge in [0.2, 0.25) is 15.9 Å². The summed E-state index contributed by atoms with van der Waals surface area (Å²) in [5.41, 5.74) is 2.61. The van der Waals surface area contributed by atoms with Gasteiger partial charge in [-0.3, -0.25) is 9.10 Å². The van der Waals surface area contributed by atoms with Gasteiger partial charge in [0, 0.05) is 6.54 Å². The van der Waals surface area contributed by atoms with Crippen molar-refractivity contribution in [3.63, 3.8) is 0 Å². The minimum absolute atomic E-state index is 0.308. The maximum Gasteiger partial charge on any atom is 0.244 e. The average Bonchev–Trinajstić information content (AvgIpc) is 2.58. The number of nitrogens with zero attached hydrogens (tertiary/aromatic N) is 1. The lowest BCUT2D eigenvalue weighted by molar-refractivity contribution is -0.122. The number of hydrogen-bond donors (Lipinski definition) is 1. The zero-order valence-electron chi connectivity index (χ0n) is 14.8. The average molecular weight is 360 g/mol. The molecule has 0 fully saturated rings. The highest BCUT2D eigenvalue weighted by atomic mass is 32.2. The van der Waals surface area contributed by atoms with E-state index in [-0.39, 0.29) is 5.91 Å². The van der Waals surface area contributed by atoms with Crippen LogP contribution in [0.25, 0.3) is 0 Å². The molecule has 0 saturated heterocycles. The van der Waals surface area contributed by atoms with Crippen LogP contribution < -0.4 is 9.62 Å². The Morgan fingerprint density at radius 3 is 2.20 bits per heavy atom. The highest BCUT2D eigenvalue weighted by Gasteiger charge is 2.31. The first kappa shape index (κ1) is 19.0. The quantitative estimate of drug-likeness (QED) is 0.826. The molecule has 0 radical (unpaired) electrons. The summed E-state index contributed by atoms with van der Waals surface area (Å²) in [4.78, 5) is 12.7. The normalized spacial score (nSPS) is 12.4. The molecule has 2 aromatic carbocycles. The minimum atomic E-state index is -3.59. The molecule has 0 bridgehead atoms. The van der Waals surface area contributed by atoms with E-state index >= 15 is 0 Å². The van der Waals surface area contributed by atoms with E-state index in [1.165, 1.54) is 4.31 Å². The molecule has 0 spiro atoms. The number of benzene rings is 2. The van der Waals surface area contributed by atoms with Gasteiger partial charge in [-0.15, -0.1) is 0 Å². The standard InChI is InChI=1S/C19H24N2O3S/c1-4-18(19(22)20-14-16-12-10-15(2)11-13-16)21(25(3,23)24)17-8-6-5-7-9-17/h5-13,18H,4,14H2,1-3H3,(H,20,22). The van der Waals surface area contributed by atoms with E-state index in [1.54, 1.807) is 31.2 Å². The number of sulfonamides is 1. The molecule has 1 N–H and O–H groups in total. The third-order valence-corrected chi connectivity index (χ3v) is 5.11. The Bertz CT molecular complexity index is 802. The topological polar surface area (TPSA) is 66.5 Å². The first-order chi connectivity index (χ1) is 11.8. The van der Waals surface area contributed by atoms with Gasteiger partial charge in [0.05, 0.1) is 11.9 Å². The van der Waals surface area contributed by atoms with Crippen molar-refractivity contribution in [2.45, 2.75) is 32.9 Å². The Hall–Kier alpha value is -2.34. The largest absolute Gasteiger partial charge is 0.350 e. The van der Waals surface area contributed by atoms with Crippen LogP contribution in [0.5, 0.6) is 0 Å². The van der Waals surface area contributed by atoms with Crippen LogP contribution in [0.1, 0.15) is 24.5 Å². The number of carbonyl (C=O) groups is 1. The number of hydrogen-bond acceptors (Lipinski definition) is 3. The highest BCUT2D eigenvalue weighted by molar-refractivity contribution is 7.92. The molecule has 134 valence electrons. The van der Waals surface area contributed by atoms with Crippen molar-refractivity contribution < 1.29 is 13.2 Å². The number of rotatable bonds is 7. The van der Waals surface area contributed by atoms with Crippen LogP contribution in [-0.2, 0) is 21.4 Å². The fourth-order valence-electron chi connectivity index (χ4n) is 2.65. The van der Waals surface area contributed by atoms with Gasteiger partial charge in [-0.05, 0) is 31.0 Å². The maximum absolute atomic E-state index is 12.7. The Morgan fingerprint density at radius 1 is 1.08 bits per heavy atom. The van der Waals surface area contributed by atoms with Crippen molar-refractivity contribution in [1.82, 2.24) is 5.32 Å². The van der Waals surface area contributed by atoms with Crippen LogP contribution in [0.2, 0.25) is 0 Å². The molecule has 1 atom stereocenters. The molecule has 6 heteroatoms. The second-order valence-corrected chi connectivity index (χ2v) is 7.88. The van der Waals surface area contributed by atoms with Gasteiger partial charge in [-0.25, -0.2) is 8.42 Å². The van der Waals surface area contributed by atoms with Crippen molar-refractivity contribution in [3.8, 4) is 0 Å². The summed E-state index contributed by atoms with van der Waals surface area (Å²) in [6, 6.07) is 15.8. The molecule has 1 unspecified atom stereocenters. The van der Waals surface area contributed by atoms with Crippen molar-refractivity contribution in [1.29, 1.82) is 0 Å². The fourth-order valence-corrected chi connectivity index (χ4v) is 3.86. The zero-order chi connectivity index (χ0) is 18.4. The van der Waals surface area contributed by atoms with Crippen LogP contribution >= 0.6 is 0 Å². The predicted molar refractivity (Wildman–Crippen MR) is 101 cm³/mol. The fraction of sp³-hybridized carbons (Fsp3) is 0.316. The SMILES string of the molecule is CCC(C(=O)NCc1ccc(C)cc1)N(c1ccccc1)S(C)(=O)=O. The van der Waals surface area contributed by atoms with E-state index < -0.39 is 16.1 Å². The van der Waals surface area contributed by atoms with Gasteiger partial charge >= 0.3 is 0 Å². The summed E-state index contributed by atoms with van der Waals surface area (Å²) in [6.07, 6.45) is 1.50. The number of para-hydroxylation sites is 1. The van der Waals surface area contributed by atoms with Crippen molar-refractivity contribution >= 4 is 21.6 Å². The van der Waals surface area contributed by atoms with Crippen LogP contribution in [0.3, 0.4) is 0 Å². The predicted octanol–water partition coefficient (Wildman–Crippen LogP) is 2.86. The molecule has 0 heterocycles. The number of amides is 1. The molecular weight excluding hydrogens is 336 g/mol. The summed E-state index contributed by atoms with van der Waals surface area (Å²) < 4.78 is 25.8. The lowest BCUT2D eigenvalue weighted by Crippen LogP contribution is -2.49. The Kier molecular flexibility index (Phi) is 6.20. The molecule has 0 aromatic heterocycles. The van der Waals surface area contributed by atoms with Gasteiger partial charge in [0.1, 0.15) is 6.04 Å². The van der Waals surface area contributed by atoms with E-state index in [9.17, 15) is 13.2 Å². The molecule has 0 saturated carbocycles. The molecule has 1 amide bonds.